The molecule has 1 aliphatic rings. The fraction of sp³-hybridized carbons (Fsp3) is 0.238. The molecule has 1 atom stereocenters. The average Bonchev–Trinajstić information content (AvgIpc) is 3.16. The highest BCUT2D eigenvalue weighted by Crippen LogP contribution is 2.24. The third kappa shape index (κ3) is 3.53. The summed E-state index contributed by atoms with van der Waals surface area (Å²) in [4.78, 5) is 13.0. The fourth-order valence-electron chi connectivity index (χ4n) is 3.30. The quantitative estimate of drug-likeness (QED) is 0.763. The van der Waals surface area contributed by atoms with Gasteiger partial charge in [-0.15, -0.1) is 0 Å². The van der Waals surface area contributed by atoms with Crippen molar-refractivity contribution in [3.63, 3.8) is 0 Å². The highest BCUT2D eigenvalue weighted by Gasteiger charge is 2.22. The first-order chi connectivity index (χ1) is 12.8. The lowest BCUT2D eigenvalue weighted by Crippen LogP contribution is -2.45. The van der Waals surface area contributed by atoms with Crippen LogP contribution in [0.4, 0.5) is 0 Å². The van der Waals surface area contributed by atoms with Gasteiger partial charge in [-0.1, -0.05) is 48.5 Å². The van der Waals surface area contributed by atoms with Gasteiger partial charge in [-0.2, -0.15) is 5.10 Å². The topological polar surface area (TPSA) is 59.0 Å². The van der Waals surface area contributed by atoms with Crippen molar-refractivity contribution in [2.24, 2.45) is 0 Å². The number of aromatic nitrogens is 2. The number of piperidine rings is 1. The first kappa shape index (κ1) is 16.5. The lowest BCUT2D eigenvalue weighted by molar-refractivity contribution is 0.0931. The van der Waals surface area contributed by atoms with E-state index in [9.17, 15) is 4.79 Å². The monoisotopic (exact) mass is 346 g/mol. The van der Waals surface area contributed by atoms with Crippen molar-refractivity contribution in [3.05, 3.63) is 72.4 Å². The van der Waals surface area contributed by atoms with Gasteiger partial charge < -0.3 is 10.6 Å². The van der Waals surface area contributed by atoms with E-state index in [2.05, 4.69) is 10.6 Å². The van der Waals surface area contributed by atoms with E-state index in [-0.39, 0.29) is 11.9 Å². The Labute approximate surface area is 153 Å². The number of hydrogen-bond acceptors (Lipinski definition) is 3. The smallest absolute Gasteiger partial charge is 0.255 e. The Hall–Kier alpha value is -2.92. The Bertz CT molecular complexity index is 868. The van der Waals surface area contributed by atoms with Crippen molar-refractivity contribution in [1.29, 1.82) is 0 Å². The molecule has 0 bridgehead atoms. The second-order valence-electron chi connectivity index (χ2n) is 6.55. The van der Waals surface area contributed by atoms with Gasteiger partial charge in [0.1, 0.15) is 5.69 Å². The maximum atomic E-state index is 13.0. The van der Waals surface area contributed by atoms with Crippen LogP contribution in [0.25, 0.3) is 16.9 Å². The number of carbonyl (C=O) groups is 1. The summed E-state index contributed by atoms with van der Waals surface area (Å²) in [5.41, 5.74) is 3.18. The molecule has 5 heteroatoms. The fourth-order valence-corrected chi connectivity index (χ4v) is 3.30. The predicted molar refractivity (Wildman–Crippen MR) is 102 cm³/mol. The molecule has 26 heavy (non-hydrogen) atoms. The van der Waals surface area contributed by atoms with Gasteiger partial charge in [0.05, 0.1) is 11.3 Å². The lowest BCUT2D eigenvalue weighted by Gasteiger charge is -2.23. The highest BCUT2D eigenvalue weighted by atomic mass is 16.1. The Morgan fingerprint density at radius 1 is 1.08 bits per heavy atom. The van der Waals surface area contributed by atoms with Crippen LogP contribution in [0.3, 0.4) is 0 Å². The minimum atomic E-state index is -0.0697. The zero-order chi connectivity index (χ0) is 17.8. The van der Waals surface area contributed by atoms with Gasteiger partial charge in [-0.05, 0) is 31.5 Å². The molecular weight excluding hydrogens is 324 g/mol. The minimum absolute atomic E-state index is 0.0697. The van der Waals surface area contributed by atoms with Crippen molar-refractivity contribution >= 4 is 5.91 Å². The van der Waals surface area contributed by atoms with Crippen LogP contribution in [0, 0.1) is 0 Å². The van der Waals surface area contributed by atoms with Crippen LogP contribution >= 0.6 is 0 Å². The zero-order valence-electron chi connectivity index (χ0n) is 14.6. The summed E-state index contributed by atoms with van der Waals surface area (Å²) in [6, 6.07) is 19.9. The van der Waals surface area contributed by atoms with Gasteiger partial charge in [0, 0.05) is 24.3 Å². The summed E-state index contributed by atoms with van der Waals surface area (Å²) in [5.74, 6) is -0.0697. The molecular formula is C21H22N4O. The number of amides is 1. The summed E-state index contributed by atoms with van der Waals surface area (Å²) in [7, 11) is 0. The Morgan fingerprint density at radius 3 is 2.50 bits per heavy atom. The molecule has 132 valence electrons. The molecule has 4 rings (SSSR count). The first-order valence-corrected chi connectivity index (χ1v) is 9.03. The molecule has 0 saturated carbocycles. The molecule has 0 spiro atoms. The normalized spacial score (nSPS) is 17.0. The van der Waals surface area contributed by atoms with Gasteiger partial charge >= 0.3 is 0 Å². The van der Waals surface area contributed by atoms with Crippen molar-refractivity contribution < 1.29 is 4.79 Å². The maximum absolute atomic E-state index is 13.0. The van der Waals surface area contributed by atoms with Gasteiger partial charge in [-0.3, -0.25) is 4.79 Å². The summed E-state index contributed by atoms with van der Waals surface area (Å²) >= 11 is 0. The van der Waals surface area contributed by atoms with Crippen molar-refractivity contribution in [1.82, 2.24) is 20.4 Å². The molecule has 1 amide bonds. The summed E-state index contributed by atoms with van der Waals surface area (Å²) < 4.78 is 1.77. The van der Waals surface area contributed by atoms with Crippen LogP contribution in [-0.4, -0.2) is 34.8 Å². The number of nitrogens with one attached hydrogen (secondary N) is 2. The third-order valence-corrected chi connectivity index (χ3v) is 4.66. The Balaban J connectivity index is 1.69. The van der Waals surface area contributed by atoms with E-state index in [1.807, 2.05) is 66.9 Å². The first-order valence-electron chi connectivity index (χ1n) is 9.03. The van der Waals surface area contributed by atoms with Gasteiger partial charge in [0.25, 0.3) is 5.91 Å². The number of nitrogens with zero attached hydrogens (tertiary/aromatic N) is 2. The van der Waals surface area contributed by atoms with Crippen molar-refractivity contribution in [2.75, 3.05) is 13.1 Å². The number of para-hydroxylation sites is 1. The SMILES string of the molecule is O=C(NC1CCCNC1)c1cn(-c2ccccc2)nc1-c1ccccc1. The van der Waals surface area contributed by atoms with E-state index < -0.39 is 0 Å². The standard InChI is InChI=1S/C21H22N4O/c26-21(23-17-10-7-13-22-14-17)19-15-25(18-11-5-2-6-12-18)24-20(19)16-8-3-1-4-9-16/h1-6,8-9,11-12,15,17,22H,7,10,13-14H2,(H,23,26). The molecule has 1 unspecified atom stereocenters. The van der Waals surface area contributed by atoms with E-state index in [0.29, 0.717) is 11.3 Å². The van der Waals surface area contributed by atoms with Gasteiger partial charge in [0.2, 0.25) is 0 Å². The lowest BCUT2D eigenvalue weighted by atomic mass is 10.1. The van der Waals surface area contributed by atoms with E-state index in [0.717, 1.165) is 37.2 Å². The summed E-state index contributed by atoms with van der Waals surface area (Å²) in [6.45, 7) is 1.84. The summed E-state index contributed by atoms with van der Waals surface area (Å²) in [5, 5.41) is 11.2. The second-order valence-corrected chi connectivity index (χ2v) is 6.55. The number of benzene rings is 2. The summed E-state index contributed by atoms with van der Waals surface area (Å²) in [6.07, 6.45) is 3.91. The molecule has 0 radical (unpaired) electrons. The molecule has 0 aliphatic carbocycles. The van der Waals surface area contributed by atoms with Crippen LogP contribution in [-0.2, 0) is 0 Å². The molecule has 1 fully saturated rings. The van der Waals surface area contributed by atoms with E-state index in [1.165, 1.54) is 0 Å². The average molecular weight is 346 g/mol. The van der Waals surface area contributed by atoms with Gasteiger partial charge in [-0.25, -0.2) is 4.68 Å². The zero-order valence-corrected chi connectivity index (χ0v) is 14.6. The third-order valence-electron chi connectivity index (χ3n) is 4.66. The molecule has 2 aromatic carbocycles. The molecule has 5 nitrogen and oxygen atoms in total. The van der Waals surface area contributed by atoms with E-state index in [4.69, 9.17) is 5.10 Å². The Kier molecular flexibility index (Phi) is 4.80. The van der Waals surface area contributed by atoms with Crippen LogP contribution in [0.1, 0.15) is 23.2 Å². The largest absolute Gasteiger partial charge is 0.348 e. The maximum Gasteiger partial charge on any atom is 0.255 e. The van der Waals surface area contributed by atoms with E-state index >= 15 is 0 Å². The minimum Gasteiger partial charge on any atom is -0.348 e. The number of carbonyl (C=O) groups excluding carboxylic acids is 1. The Morgan fingerprint density at radius 2 is 1.81 bits per heavy atom. The molecule has 2 heterocycles. The van der Waals surface area contributed by atoms with Gasteiger partial charge in [0.15, 0.2) is 0 Å². The number of hydrogen-bond donors (Lipinski definition) is 2. The van der Waals surface area contributed by atoms with Crippen LogP contribution < -0.4 is 10.6 Å². The molecule has 1 aromatic heterocycles. The van der Waals surface area contributed by atoms with Crippen molar-refractivity contribution in [3.8, 4) is 16.9 Å². The van der Waals surface area contributed by atoms with Crippen LogP contribution in [0.5, 0.6) is 0 Å². The molecule has 1 aliphatic heterocycles. The molecule has 1 saturated heterocycles. The second kappa shape index (κ2) is 7.54. The van der Waals surface area contributed by atoms with Crippen molar-refractivity contribution in [2.45, 2.75) is 18.9 Å². The van der Waals surface area contributed by atoms with E-state index in [1.54, 1.807) is 4.68 Å². The number of rotatable bonds is 4. The van der Waals surface area contributed by atoms with Crippen LogP contribution in [0.2, 0.25) is 0 Å². The van der Waals surface area contributed by atoms with Crippen LogP contribution in [0.15, 0.2) is 66.9 Å². The molecule has 3 aromatic rings. The predicted octanol–water partition coefficient (Wildman–Crippen LogP) is 3.02. The highest BCUT2D eigenvalue weighted by molar-refractivity contribution is 6.00. The molecule has 2 N–H and O–H groups in total.